The van der Waals surface area contributed by atoms with Crippen LogP contribution in [0.3, 0.4) is 0 Å². The molecule has 0 fully saturated rings. The number of ether oxygens (including phenoxy) is 1. The lowest BCUT2D eigenvalue weighted by Gasteiger charge is -2.22. The fourth-order valence-electron chi connectivity index (χ4n) is 1.46. The van der Waals surface area contributed by atoms with Gasteiger partial charge in [0.2, 0.25) is 0 Å². The summed E-state index contributed by atoms with van der Waals surface area (Å²) in [5.74, 6) is -0.326. The molecule has 2 N–H and O–H groups in total. The van der Waals surface area contributed by atoms with Crippen LogP contribution < -0.4 is 5.73 Å². The molecule has 0 unspecified atom stereocenters. The second-order valence-electron chi connectivity index (χ2n) is 5.16. The molecule has 0 aliphatic rings. The van der Waals surface area contributed by atoms with Crippen LogP contribution in [0.2, 0.25) is 0 Å². The van der Waals surface area contributed by atoms with E-state index >= 15 is 0 Å². The van der Waals surface area contributed by atoms with Crippen LogP contribution in [0.25, 0.3) is 0 Å². The summed E-state index contributed by atoms with van der Waals surface area (Å²) < 4.78 is 5.22. The predicted molar refractivity (Wildman–Crippen MR) is 68.6 cm³/mol. The van der Waals surface area contributed by atoms with Crippen LogP contribution in [0.5, 0.6) is 0 Å². The van der Waals surface area contributed by atoms with E-state index in [0.29, 0.717) is 6.42 Å². The molecule has 0 aliphatic heterocycles. The first kappa shape index (κ1) is 13.7. The summed E-state index contributed by atoms with van der Waals surface area (Å²) >= 11 is 0. The standard InChI is InChI=1S/C14H21NO2/c1-14(2,3)17-13(16)12(15)10-9-11-7-5-4-6-8-11/h4-8,12H,9-10,15H2,1-3H3/t12-/m0/s1. The number of aryl methyl sites for hydroxylation is 1. The molecule has 17 heavy (non-hydrogen) atoms. The molecule has 0 radical (unpaired) electrons. The lowest BCUT2D eigenvalue weighted by molar-refractivity contribution is -0.156. The maximum Gasteiger partial charge on any atom is 0.323 e. The van der Waals surface area contributed by atoms with Crippen LogP contribution in [-0.4, -0.2) is 17.6 Å². The van der Waals surface area contributed by atoms with E-state index < -0.39 is 11.6 Å². The second kappa shape index (κ2) is 5.82. The number of rotatable bonds is 4. The van der Waals surface area contributed by atoms with E-state index in [4.69, 9.17) is 10.5 Å². The van der Waals surface area contributed by atoms with Crippen molar-refractivity contribution in [1.82, 2.24) is 0 Å². The van der Waals surface area contributed by atoms with Crippen molar-refractivity contribution in [3.63, 3.8) is 0 Å². The van der Waals surface area contributed by atoms with Gasteiger partial charge in [-0.1, -0.05) is 30.3 Å². The van der Waals surface area contributed by atoms with Crippen molar-refractivity contribution in [1.29, 1.82) is 0 Å². The topological polar surface area (TPSA) is 52.3 Å². The van der Waals surface area contributed by atoms with E-state index in [2.05, 4.69) is 0 Å². The molecule has 1 aromatic carbocycles. The minimum atomic E-state index is -0.547. The van der Waals surface area contributed by atoms with Gasteiger partial charge in [0.05, 0.1) is 0 Å². The third-order valence-corrected chi connectivity index (χ3v) is 2.30. The number of carbonyl (C=O) groups excluding carboxylic acids is 1. The zero-order valence-corrected chi connectivity index (χ0v) is 10.8. The molecule has 1 atom stereocenters. The number of hydrogen-bond acceptors (Lipinski definition) is 3. The van der Waals surface area contributed by atoms with Gasteiger partial charge in [-0.25, -0.2) is 0 Å². The highest BCUT2D eigenvalue weighted by atomic mass is 16.6. The average molecular weight is 235 g/mol. The van der Waals surface area contributed by atoms with Gasteiger partial charge >= 0.3 is 5.97 Å². The molecule has 1 rings (SSSR count). The average Bonchev–Trinajstić information content (AvgIpc) is 2.25. The van der Waals surface area contributed by atoms with Gasteiger partial charge in [-0.05, 0) is 39.2 Å². The summed E-state index contributed by atoms with van der Waals surface area (Å²) in [7, 11) is 0. The van der Waals surface area contributed by atoms with Gasteiger partial charge in [0.15, 0.2) is 0 Å². The van der Waals surface area contributed by atoms with Crippen molar-refractivity contribution in [2.75, 3.05) is 0 Å². The second-order valence-corrected chi connectivity index (χ2v) is 5.16. The molecule has 0 spiro atoms. The zero-order chi connectivity index (χ0) is 12.9. The van der Waals surface area contributed by atoms with Crippen molar-refractivity contribution in [2.45, 2.75) is 45.3 Å². The number of nitrogens with two attached hydrogens (primary N) is 1. The van der Waals surface area contributed by atoms with Gasteiger partial charge in [0, 0.05) is 0 Å². The molecule has 0 saturated heterocycles. The summed E-state index contributed by atoms with van der Waals surface area (Å²) in [6.07, 6.45) is 1.40. The summed E-state index contributed by atoms with van der Waals surface area (Å²) in [5, 5.41) is 0. The first-order valence-electron chi connectivity index (χ1n) is 5.91. The Bertz CT molecular complexity index is 354. The van der Waals surface area contributed by atoms with Gasteiger partial charge in [0.25, 0.3) is 0 Å². The fourth-order valence-corrected chi connectivity index (χ4v) is 1.46. The normalized spacial score (nSPS) is 13.2. The Morgan fingerprint density at radius 1 is 1.29 bits per heavy atom. The largest absolute Gasteiger partial charge is 0.459 e. The monoisotopic (exact) mass is 235 g/mol. The molecule has 94 valence electrons. The van der Waals surface area contributed by atoms with Crippen LogP contribution in [-0.2, 0) is 16.0 Å². The molecule has 0 amide bonds. The van der Waals surface area contributed by atoms with Crippen LogP contribution >= 0.6 is 0 Å². The predicted octanol–water partition coefficient (Wildman–Crippen LogP) is 2.29. The summed E-state index contributed by atoms with van der Waals surface area (Å²) in [4.78, 5) is 11.6. The molecule has 0 bridgehead atoms. The molecule has 0 saturated carbocycles. The summed E-state index contributed by atoms with van der Waals surface area (Å²) in [6.45, 7) is 5.53. The van der Waals surface area contributed by atoms with Gasteiger partial charge in [-0.2, -0.15) is 0 Å². The molecule has 0 heterocycles. The molecule has 0 aromatic heterocycles. The van der Waals surface area contributed by atoms with Crippen molar-refractivity contribution < 1.29 is 9.53 Å². The quantitative estimate of drug-likeness (QED) is 0.815. The van der Waals surface area contributed by atoms with Gasteiger partial charge in [-0.15, -0.1) is 0 Å². The Balaban J connectivity index is 2.40. The highest BCUT2D eigenvalue weighted by molar-refractivity contribution is 5.75. The van der Waals surface area contributed by atoms with Gasteiger partial charge in [0.1, 0.15) is 11.6 Å². The van der Waals surface area contributed by atoms with Crippen LogP contribution in [0.1, 0.15) is 32.8 Å². The number of esters is 1. The van der Waals surface area contributed by atoms with E-state index in [1.54, 1.807) is 0 Å². The SMILES string of the molecule is CC(C)(C)OC(=O)[C@@H](N)CCc1ccccc1. The van der Waals surface area contributed by atoms with Crippen LogP contribution in [0, 0.1) is 0 Å². The molecule has 3 heteroatoms. The van der Waals surface area contributed by atoms with Crippen LogP contribution in [0.4, 0.5) is 0 Å². The van der Waals surface area contributed by atoms with Gasteiger partial charge < -0.3 is 10.5 Å². The van der Waals surface area contributed by atoms with Gasteiger partial charge in [-0.3, -0.25) is 4.79 Å². The molecular weight excluding hydrogens is 214 g/mol. The fraction of sp³-hybridized carbons (Fsp3) is 0.500. The lowest BCUT2D eigenvalue weighted by atomic mass is 10.1. The Hall–Kier alpha value is -1.35. The van der Waals surface area contributed by atoms with E-state index in [1.807, 2.05) is 51.1 Å². The van der Waals surface area contributed by atoms with E-state index in [9.17, 15) is 4.79 Å². The smallest absolute Gasteiger partial charge is 0.323 e. The number of hydrogen-bond donors (Lipinski definition) is 1. The third-order valence-electron chi connectivity index (χ3n) is 2.30. The first-order chi connectivity index (χ1) is 7.88. The molecule has 0 aliphatic carbocycles. The highest BCUT2D eigenvalue weighted by Gasteiger charge is 2.21. The van der Waals surface area contributed by atoms with Crippen molar-refractivity contribution >= 4 is 5.97 Å². The molecule has 1 aromatic rings. The van der Waals surface area contributed by atoms with Crippen molar-refractivity contribution in [3.8, 4) is 0 Å². The Morgan fingerprint density at radius 3 is 2.41 bits per heavy atom. The van der Waals surface area contributed by atoms with E-state index in [1.165, 1.54) is 5.56 Å². The maximum atomic E-state index is 11.6. The molecule has 3 nitrogen and oxygen atoms in total. The summed E-state index contributed by atoms with van der Waals surface area (Å²) in [6, 6.07) is 9.44. The minimum Gasteiger partial charge on any atom is -0.459 e. The number of benzene rings is 1. The van der Waals surface area contributed by atoms with Crippen molar-refractivity contribution in [3.05, 3.63) is 35.9 Å². The summed E-state index contributed by atoms with van der Waals surface area (Å²) in [5.41, 5.74) is 6.51. The van der Waals surface area contributed by atoms with E-state index in [0.717, 1.165) is 6.42 Å². The Kier molecular flexibility index (Phi) is 4.70. The maximum absolute atomic E-state index is 11.6. The lowest BCUT2D eigenvalue weighted by Crippen LogP contribution is -2.37. The molecular formula is C14H21NO2. The minimum absolute atomic E-state index is 0.326. The van der Waals surface area contributed by atoms with Crippen LogP contribution in [0.15, 0.2) is 30.3 Å². The highest BCUT2D eigenvalue weighted by Crippen LogP contribution is 2.10. The van der Waals surface area contributed by atoms with E-state index in [-0.39, 0.29) is 5.97 Å². The third kappa shape index (κ3) is 5.50. The zero-order valence-electron chi connectivity index (χ0n) is 10.8. The Labute approximate surface area is 103 Å². The Morgan fingerprint density at radius 2 is 1.88 bits per heavy atom. The number of carbonyl (C=O) groups is 1. The first-order valence-corrected chi connectivity index (χ1v) is 5.91. The van der Waals surface area contributed by atoms with Crippen molar-refractivity contribution in [2.24, 2.45) is 5.73 Å².